The van der Waals surface area contributed by atoms with E-state index in [9.17, 15) is 0 Å². The molecule has 133 heavy (non-hydrogen) atoms. The van der Waals surface area contributed by atoms with Gasteiger partial charge in [-0.1, -0.05) is 455 Å². The Hall–Kier alpha value is -17.5. The Morgan fingerprint density at radius 1 is 0.135 bits per heavy atom. The minimum absolute atomic E-state index is 0.203. The van der Waals surface area contributed by atoms with Gasteiger partial charge in [-0.05, 0) is 229 Å². The SMILES string of the molecule is [2H]c1c([2H])c([2H])c(-c2c3ccccc3c(-c3ccc(-c4ccc5oc6ccccc6c5c4)cc3)c3ccccc23)c([2H])c1[2H].[2H]c1c([2H])c([2H])c(-c2c3ccccc3c(-c3ccc(-c4ccc5oc6ccccc6c5c4-c4cccc5ccccc45)cc3)c3ccccc23)c([2H])c1[2H].[2H]c1c([2H])c([2H])c(-c2c3ccccc3c(-c3ccc(-c4ccc5oc6ccccc6c5c4-c4ccccc4)cc3)c3ccccc23)c([2H])c1[2H]. The molecule has 0 aliphatic carbocycles. The minimum atomic E-state index is -0.400. The predicted molar refractivity (Wildman–Crippen MR) is 563 cm³/mol. The van der Waals surface area contributed by atoms with E-state index in [2.05, 4.69) is 224 Å². The van der Waals surface area contributed by atoms with Crippen molar-refractivity contribution in [1.29, 1.82) is 0 Å². The lowest BCUT2D eigenvalue weighted by Gasteiger charge is -2.18. The Balaban J connectivity index is 0.000000116. The quantitative estimate of drug-likeness (QED) is 0.121. The van der Waals surface area contributed by atoms with E-state index in [0.29, 0.717) is 16.7 Å². The van der Waals surface area contributed by atoms with E-state index in [1.807, 2.05) is 182 Å². The molecule has 620 valence electrons. The molecule has 0 N–H and O–H groups in total. The molecule has 0 spiro atoms. The molecule has 3 heteroatoms. The molecule has 27 rings (SSSR count). The van der Waals surface area contributed by atoms with E-state index >= 15 is 0 Å². The summed E-state index contributed by atoms with van der Waals surface area (Å²) in [6, 6.07) is 134. The van der Waals surface area contributed by atoms with Crippen LogP contribution in [-0.4, -0.2) is 0 Å². The van der Waals surface area contributed by atoms with Crippen LogP contribution in [0.5, 0.6) is 0 Å². The maximum atomic E-state index is 8.88. The molecule has 3 heterocycles. The van der Waals surface area contributed by atoms with E-state index in [-0.39, 0.29) is 89.2 Å². The van der Waals surface area contributed by atoms with Gasteiger partial charge < -0.3 is 13.3 Å². The largest absolute Gasteiger partial charge is 0.456 e. The molecule has 0 saturated heterocycles. The monoisotopic (exact) mass is 1710 g/mol. The fourth-order valence-corrected chi connectivity index (χ4v) is 20.4. The first-order chi connectivity index (χ1) is 72.2. The topological polar surface area (TPSA) is 39.4 Å². The van der Waals surface area contributed by atoms with Crippen molar-refractivity contribution in [3.8, 4) is 122 Å². The first-order valence-corrected chi connectivity index (χ1v) is 44.4. The highest BCUT2D eigenvalue weighted by molar-refractivity contribution is 6.26. The van der Waals surface area contributed by atoms with Gasteiger partial charge in [-0.3, -0.25) is 0 Å². The molecule has 27 aromatic rings. The van der Waals surface area contributed by atoms with Crippen molar-refractivity contribution in [1.82, 2.24) is 0 Å². The average molecular weight is 1710 g/mol. The highest BCUT2D eigenvalue weighted by Crippen LogP contribution is 2.52. The fraction of sp³-hybridized carbons (Fsp3) is 0. The van der Waals surface area contributed by atoms with Gasteiger partial charge in [0.2, 0.25) is 0 Å². The van der Waals surface area contributed by atoms with Crippen LogP contribution in [0.1, 0.15) is 20.6 Å². The van der Waals surface area contributed by atoms with Crippen LogP contribution < -0.4 is 0 Å². The standard InChI is InChI=1S/C48H30O.C44H28O.C38H24O/c1-2-14-33(15-3-1)45-38-18-6-8-20-40(38)46(41-21-9-7-19-39(41)45)34-27-25-32(26-28-34)36-29-30-44-48(42-22-10-11-24-43(42)49-44)47(36)37-23-12-16-31-13-4-5-17-35(31)37;1-3-13-30(14-4-1)41-34-17-7-9-19-36(34)42(37-20-10-8-18-35(37)41)32-25-23-29(24-26-32)33-27-28-40-44(38-21-11-12-22-39(38)45-40)43(33)31-15-5-2-6-16-31;1-2-10-26(11-3-1)37-30-13-4-6-15-32(30)38(33-16-7-5-14-31(33)37)27-20-18-25(19-21-27)28-22-23-36-34(24-28)29-12-8-9-17-35(29)39-36/h1-30H;1-28H;1-24H/i1D,2D,3D,14D,15D;1D,3D,4D,13D,14D;1D,2D,3D,10D,11D. The molecule has 0 aliphatic rings. The summed E-state index contributed by atoms with van der Waals surface area (Å²) in [7, 11) is 0. The number of furan rings is 3. The number of rotatable bonds is 11. The van der Waals surface area contributed by atoms with E-state index < -0.39 is 18.1 Å². The number of benzene rings is 24. The Kier molecular flexibility index (Phi) is 15.7. The van der Waals surface area contributed by atoms with Crippen molar-refractivity contribution in [2.24, 2.45) is 0 Å². The highest BCUT2D eigenvalue weighted by atomic mass is 16.3. The lowest BCUT2D eigenvalue weighted by atomic mass is 9.85. The van der Waals surface area contributed by atoms with Crippen molar-refractivity contribution in [3.63, 3.8) is 0 Å². The lowest BCUT2D eigenvalue weighted by molar-refractivity contribution is 0.668. The van der Waals surface area contributed by atoms with Crippen LogP contribution in [0.25, 0.3) is 264 Å². The van der Waals surface area contributed by atoms with Crippen LogP contribution in [0.15, 0.2) is 510 Å². The van der Waals surface area contributed by atoms with E-state index in [1.54, 1.807) is 0 Å². The highest BCUT2D eigenvalue weighted by Gasteiger charge is 2.26. The fourth-order valence-electron chi connectivity index (χ4n) is 20.4. The normalized spacial score (nSPS) is 13.2. The van der Waals surface area contributed by atoms with Crippen molar-refractivity contribution in [2.75, 3.05) is 0 Å². The first kappa shape index (κ1) is 63.4. The van der Waals surface area contributed by atoms with Crippen molar-refractivity contribution in [3.05, 3.63) is 497 Å². The van der Waals surface area contributed by atoms with E-state index in [1.165, 1.54) is 10.8 Å². The zero-order chi connectivity index (χ0) is 101. The van der Waals surface area contributed by atoms with Gasteiger partial charge in [-0.15, -0.1) is 0 Å². The molecule has 0 unspecified atom stereocenters. The van der Waals surface area contributed by atoms with Gasteiger partial charge in [-0.2, -0.15) is 0 Å². The van der Waals surface area contributed by atoms with Crippen LogP contribution >= 0.6 is 0 Å². The zero-order valence-corrected chi connectivity index (χ0v) is 71.4. The molecule has 24 aromatic carbocycles. The van der Waals surface area contributed by atoms with Crippen LogP contribution in [0.2, 0.25) is 0 Å². The number of hydrogen-bond acceptors (Lipinski definition) is 3. The van der Waals surface area contributed by atoms with Crippen LogP contribution in [0.3, 0.4) is 0 Å². The molecule has 0 fully saturated rings. The predicted octanol–water partition coefficient (Wildman–Crippen LogP) is 37.2. The van der Waals surface area contributed by atoms with Gasteiger partial charge in [0.15, 0.2) is 0 Å². The maximum Gasteiger partial charge on any atom is 0.136 e. The van der Waals surface area contributed by atoms with Gasteiger partial charge >= 0.3 is 0 Å². The number of hydrogen-bond donors (Lipinski definition) is 0. The number of fused-ring (bicyclic) bond motifs is 16. The Morgan fingerprint density at radius 2 is 0.398 bits per heavy atom. The first-order valence-electron chi connectivity index (χ1n) is 51.9. The molecule has 3 nitrogen and oxygen atoms in total. The lowest BCUT2D eigenvalue weighted by Crippen LogP contribution is -1.91. The van der Waals surface area contributed by atoms with Gasteiger partial charge in [0, 0.05) is 43.4 Å². The molecule has 0 amide bonds. The van der Waals surface area contributed by atoms with E-state index in [4.69, 9.17) is 33.8 Å². The smallest absolute Gasteiger partial charge is 0.136 e. The second-order valence-electron chi connectivity index (χ2n) is 33.4. The van der Waals surface area contributed by atoms with Crippen molar-refractivity contribution < 1.29 is 33.8 Å². The van der Waals surface area contributed by atoms with Crippen LogP contribution in [0, 0.1) is 0 Å². The molecular formula is C130H82O3. The summed E-state index contributed by atoms with van der Waals surface area (Å²) in [6.07, 6.45) is 0. The maximum absolute atomic E-state index is 8.88. The molecule has 3 aromatic heterocycles. The summed E-state index contributed by atoms with van der Waals surface area (Å²) < 4.78 is 146. The minimum Gasteiger partial charge on any atom is -0.456 e. The molecule has 0 radical (unpaired) electrons. The summed E-state index contributed by atoms with van der Waals surface area (Å²) in [5.74, 6) is 0. The third-order valence-electron chi connectivity index (χ3n) is 26.1. The Bertz CT molecular complexity index is 9980. The van der Waals surface area contributed by atoms with E-state index in [0.717, 1.165) is 219 Å². The third-order valence-corrected chi connectivity index (χ3v) is 26.1. The second kappa shape index (κ2) is 33.0. The van der Waals surface area contributed by atoms with Crippen molar-refractivity contribution >= 4 is 141 Å². The van der Waals surface area contributed by atoms with Crippen LogP contribution in [0.4, 0.5) is 0 Å². The number of para-hydroxylation sites is 3. The average Bonchev–Trinajstić information content (AvgIpc) is 0.996. The molecule has 0 bridgehead atoms. The Labute approximate surface area is 790 Å². The molecule has 0 atom stereocenters. The summed E-state index contributed by atoms with van der Waals surface area (Å²) in [4.78, 5) is 0. The zero-order valence-electron chi connectivity index (χ0n) is 86.4. The summed E-state index contributed by atoms with van der Waals surface area (Å²) in [6.45, 7) is 0. The van der Waals surface area contributed by atoms with Gasteiger partial charge in [-0.25, -0.2) is 0 Å². The van der Waals surface area contributed by atoms with Crippen molar-refractivity contribution in [2.45, 2.75) is 0 Å². The van der Waals surface area contributed by atoms with Crippen LogP contribution in [-0.2, 0) is 0 Å². The third kappa shape index (κ3) is 13.5. The van der Waals surface area contributed by atoms with Gasteiger partial charge in [0.1, 0.15) is 33.5 Å². The molecule has 0 aliphatic heterocycles. The summed E-state index contributed by atoms with van der Waals surface area (Å²) in [5, 5.41) is 19.5. The molecule has 0 saturated carbocycles. The Morgan fingerprint density at radius 3 is 0.797 bits per heavy atom. The van der Waals surface area contributed by atoms with Gasteiger partial charge in [0.25, 0.3) is 0 Å². The summed E-state index contributed by atoms with van der Waals surface area (Å²) in [5.41, 5.74) is 24.9. The van der Waals surface area contributed by atoms with Gasteiger partial charge in [0.05, 0.1) is 20.6 Å². The summed E-state index contributed by atoms with van der Waals surface area (Å²) >= 11 is 0. The second-order valence-corrected chi connectivity index (χ2v) is 33.4. The molecular weight excluding hydrogens is 1610 g/mol.